The van der Waals surface area contributed by atoms with E-state index in [1.807, 2.05) is 6.92 Å². The second-order valence-corrected chi connectivity index (χ2v) is 8.41. The van der Waals surface area contributed by atoms with E-state index in [0.717, 1.165) is 5.56 Å². The molecule has 0 spiro atoms. The van der Waals surface area contributed by atoms with E-state index in [1.165, 1.54) is 17.3 Å². The minimum atomic E-state index is -3.80. The molecule has 0 saturated carbocycles. The molecular formula is C18H16BrNO4S. The maximum Gasteiger partial charge on any atom is 0.268 e. The first-order valence-electron chi connectivity index (χ1n) is 7.46. The quantitative estimate of drug-likeness (QED) is 0.595. The number of benzene rings is 2. The fourth-order valence-electron chi connectivity index (χ4n) is 2.85. The van der Waals surface area contributed by atoms with Crippen molar-refractivity contribution in [1.82, 2.24) is 3.97 Å². The van der Waals surface area contributed by atoms with E-state index in [1.54, 1.807) is 37.3 Å². The van der Waals surface area contributed by atoms with E-state index >= 15 is 0 Å². The Balaban J connectivity index is 2.39. The highest BCUT2D eigenvalue weighted by molar-refractivity contribution is 9.10. The molecule has 0 atom stereocenters. The fourth-order valence-corrected chi connectivity index (χ4v) is 5.02. The lowest BCUT2D eigenvalue weighted by molar-refractivity contribution is 0.112. The van der Waals surface area contributed by atoms with Crippen LogP contribution < -0.4 is 4.74 Å². The molecule has 0 N–H and O–H groups in total. The minimum Gasteiger partial charge on any atom is -0.496 e. The Kier molecular flexibility index (Phi) is 4.47. The number of fused-ring (bicyclic) bond motifs is 1. The average molecular weight is 422 g/mol. The molecule has 5 nitrogen and oxygen atoms in total. The Morgan fingerprint density at radius 2 is 1.80 bits per heavy atom. The highest BCUT2D eigenvalue weighted by atomic mass is 79.9. The van der Waals surface area contributed by atoms with Gasteiger partial charge in [0, 0.05) is 16.1 Å². The molecule has 2 aromatic carbocycles. The molecule has 0 fully saturated rings. The molecule has 25 heavy (non-hydrogen) atoms. The number of halogens is 1. The van der Waals surface area contributed by atoms with Crippen molar-refractivity contribution < 1.29 is 17.9 Å². The first kappa shape index (κ1) is 17.7. The summed E-state index contributed by atoms with van der Waals surface area (Å²) >= 11 is 3.38. The van der Waals surface area contributed by atoms with Gasteiger partial charge in [-0.1, -0.05) is 17.7 Å². The molecule has 3 rings (SSSR count). The summed E-state index contributed by atoms with van der Waals surface area (Å²) in [6.45, 7) is 3.68. The van der Waals surface area contributed by atoms with Crippen molar-refractivity contribution >= 4 is 43.1 Å². The Morgan fingerprint density at radius 3 is 2.36 bits per heavy atom. The lowest BCUT2D eigenvalue weighted by Crippen LogP contribution is -2.12. The number of hydrogen-bond donors (Lipinski definition) is 0. The molecule has 0 aliphatic rings. The highest BCUT2D eigenvalue weighted by Gasteiger charge is 2.25. The van der Waals surface area contributed by atoms with Crippen molar-refractivity contribution in [2.75, 3.05) is 7.11 Å². The molecule has 3 aromatic rings. The van der Waals surface area contributed by atoms with Gasteiger partial charge in [-0.2, -0.15) is 0 Å². The van der Waals surface area contributed by atoms with Crippen LogP contribution in [0.25, 0.3) is 10.9 Å². The third-order valence-corrected chi connectivity index (χ3v) is 6.37. The van der Waals surface area contributed by atoms with Crippen molar-refractivity contribution in [3.05, 3.63) is 57.7 Å². The Hall–Kier alpha value is -2.12. The number of aryl methyl sites for hydroxylation is 2. The topological polar surface area (TPSA) is 65.4 Å². The molecule has 0 radical (unpaired) electrons. The smallest absolute Gasteiger partial charge is 0.268 e. The van der Waals surface area contributed by atoms with Gasteiger partial charge in [0.05, 0.1) is 23.1 Å². The second-order valence-electron chi connectivity index (χ2n) is 5.74. The van der Waals surface area contributed by atoms with Gasteiger partial charge in [-0.3, -0.25) is 4.79 Å². The summed E-state index contributed by atoms with van der Waals surface area (Å²) in [5.74, 6) is 0.409. The number of aromatic nitrogens is 1. The van der Waals surface area contributed by atoms with Crippen molar-refractivity contribution in [1.29, 1.82) is 0 Å². The van der Waals surface area contributed by atoms with Gasteiger partial charge >= 0.3 is 0 Å². The van der Waals surface area contributed by atoms with Crippen LogP contribution in [-0.2, 0) is 10.0 Å². The summed E-state index contributed by atoms with van der Waals surface area (Å²) in [6, 6.07) is 8.31. The van der Waals surface area contributed by atoms with Gasteiger partial charge in [0.15, 0.2) is 6.29 Å². The monoisotopic (exact) mass is 421 g/mol. The van der Waals surface area contributed by atoms with Gasteiger partial charge in [-0.15, -0.1) is 0 Å². The van der Waals surface area contributed by atoms with Crippen molar-refractivity contribution in [3.63, 3.8) is 0 Å². The number of aldehydes is 1. The Bertz CT molecular complexity index is 1080. The molecule has 0 unspecified atom stereocenters. The van der Waals surface area contributed by atoms with Gasteiger partial charge in [0.25, 0.3) is 10.0 Å². The van der Waals surface area contributed by atoms with Crippen LogP contribution >= 0.6 is 15.9 Å². The number of carbonyl (C=O) groups is 1. The molecule has 0 bridgehead atoms. The summed E-state index contributed by atoms with van der Waals surface area (Å²) in [5.41, 5.74) is 2.43. The van der Waals surface area contributed by atoms with E-state index in [-0.39, 0.29) is 4.90 Å². The van der Waals surface area contributed by atoms with E-state index in [2.05, 4.69) is 15.9 Å². The number of methoxy groups -OCH3 is 1. The van der Waals surface area contributed by atoms with Gasteiger partial charge in [-0.25, -0.2) is 12.4 Å². The van der Waals surface area contributed by atoms with E-state index in [4.69, 9.17) is 4.74 Å². The molecule has 0 aliphatic heterocycles. The lowest BCUT2D eigenvalue weighted by Gasteiger charge is -2.12. The van der Waals surface area contributed by atoms with Crippen molar-refractivity contribution in [3.8, 4) is 5.75 Å². The molecule has 130 valence electrons. The summed E-state index contributed by atoms with van der Waals surface area (Å²) in [4.78, 5) is 11.8. The predicted octanol–water partition coefficient (Wildman–Crippen LogP) is 4.08. The zero-order valence-electron chi connectivity index (χ0n) is 13.9. The van der Waals surface area contributed by atoms with E-state index in [0.29, 0.717) is 38.5 Å². The van der Waals surface area contributed by atoms with Crippen LogP contribution in [0.15, 0.2) is 45.9 Å². The molecular weight excluding hydrogens is 406 g/mol. The van der Waals surface area contributed by atoms with Crippen molar-refractivity contribution in [2.45, 2.75) is 18.7 Å². The number of nitrogens with zero attached hydrogens (tertiary/aromatic N) is 1. The number of ether oxygens (including phenoxy) is 1. The zero-order chi connectivity index (χ0) is 18.4. The van der Waals surface area contributed by atoms with Crippen LogP contribution in [-0.4, -0.2) is 25.8 Å². The van der Waals surface area contributed by atoms with E-state index < -0.39 is 10.0 Å². The molecule has 1 heterocycles. The van der Waals surface area contributed by atoms with Crippen LogP contribution in [0.1, 0.15) is 21.5 Å². The first-order chi connectivity index (χ1) is 11.8. The highest BCUT2D eigenvalue weighted by Crippen LogP contribution is 2.37. The summed E-state index contributed by atoms with van der Waals surface area (Å²) in [7, 11) is -2.32. The molecule has 0 amide bonds. The van der Waals surface area contributed by atoms with Crippen molar-refractivity contribution in [2.24, 2.45) is 0 Å². The Morgan fingerprint density at radius 1 is 1.16 bits per heavy atom. The average Bonchev–Trinajstić information content (AvgIpc) is 2.94. The van der Waals surface area contributed by atoms with Gasteiger partial charge in [-0.05, 0) is 53.5 Å². The van der Waals surface area contributed by atoms with Crippen LogP contribution in [0.2, 0.25) is 0 Å². The third kappa shape index (κ3) is 2.77. The van der Waals surface area contributed by atoms with Crippen LogP contribution in [0.3, 0.4) is 0 Å². The third-order valence-electron chi connectivity index (χ3n) is 4.10. The molecule has 0 saturated heterocycles. The fraction of sp³-hybridized carbons (Fsp3) is 0.167. The largest absolute Gasteiger partial charge is 0.496 e. The number of hydrogen-bond acceptors (Lipinski definition) is 4. The zero-order valence-corrected chi connectivity index (χ0v) is 16.3. The number of carbonyl (C=O) groups excluding carboxylic acids is 1. The molecule has 0 aliphatic carbocycles. The predicted molar refractivity (Wildman–Crippen MR) is 100 cm³/mol. The minimum absolute atomic E-state index is 0.186. The Labute approximate surface area is 154 Å². The van der Waals surface area contributed by atoms with Gasteiger partial charge in [0.2, 0.25) is 0 Å². The second kappa shape index (κ2) is 6.31. The summed E-state index contributed by atoms with van der Waals surface area (Å²) < 4.78 is 33.2. The first-order valence-corrected chi connectivity index (χ1v) is 9.70. The standard InChI is InChI=1S/C18H16BrNO4S/c1-11-4-6-13(7-5-11)25(22,23)20-9-15(19)17-14(10-21)16(24-3)8-12(2)18(17)20/h4-10H,1-3H3. The van der Waals surface area contributed by atoms with Gasteiger partial charge < -0.3 is 4.74 Å². The van der Waals surface area contributed by atoms with Crippen LogP contribution in [0.4, 0.5) is 0 Å². The lowest BCUT2D eigenvalue weighted by atomic mass is 10.1. The van der Waals surface area contributed by atoms with Gasteiger partial charge in [0.1, 0.15) is 5.75 Å². The van der Waals surface area contributed by atoms with Crippen LogP contribution in [0, 0.1) is 13.8 Å². The SMILES string of the molecule is COc1cc(C)c2c(c(Br)cn2S(=O)(=O)c2ccc(C)cc2)c1C=O. The molecule has 1 aromatic heterocycles. The summed E-state index contributed by atoms with van der Waals surface area (Å²) in [6.07, 6.45) is 2.15. The number of rotatable bonds is 4. The maximum atomic E-state index is 13.1. The molecule has 7 heteroatoms. The van der Waals surface area contributed by atoms with E-state index in [9.17, 15) is 13.2 Å². The van der Waals surface area contributed by atoms with Crippen LogP contribution in [0.5, 0.6) is 5.75 Å². The summed E-state index contributed by atoms with van der Waals surface area (Å²) in [5, 5.41) is 0.516. The maximum absolute atomic E-state index is 13.1. The normalized spacial score (nSPS) is 11.7.